The van der Waals surface area contributed by atoms with E-state index in [0.717, 1.165) is 21.0 Å². The Morgan fingerprint density at radius 3 is 2.93 bits per heavy atom. The fourth-order valence-corrected chi connectivity index (χ4v) is 2.19. The molecule has 0 amide bonds. The Kier molecular flexibility index (Phi) is 1.58. The van der Waals surface area contributed by atoms with Crippen LogP contribution in [0, 0.1) is 0 Å². The van der Waals surface area contributed by atoms with Gasteiger partial charge < -0.3 is 4.98 Å². The van der Waals surface area contributed by atoms with Crippen molar-refractivity contribution in [3.8, 4) is 0 Å². The number of aromatic amines is 1. The minimum atomic E-state index is 0.785. The summed E-state index contributed by atoms with van der Waals surface area (Å²) in [6.45, 7) is 0. The monoisotopic (exact) mass is 247 g/mol. The Labute approximate surface area is 88.3 Å². The molecule has 3 aromatic rings. The fraction of sp³-hybridized carbons (Fsp3) is 0. The van der Waals surface area contributed by atoms with Crippen LogP contribution in [-0.2, 0) is 0 Å². The molecule has 0 bridgehead atoms. The van der Waals surface area contributed by atoms with Crippen LogP contribution in [0.25, 0.3) is 21.8 Å². The zero-order valence-electron chi connectivity index (χ0n) is 7.16. The van der Waals surface area contributed by atoms with E-state index in [9.17, 15) is 0 Å². The molecule has 0 aliphatic carbocycles. The molecule has 3 rings (SSSR count). The highest BCUT2D eigenvalue weighted by Gasteiger charge is 2.07. The first-order chi connectivity index (χ1) is 6.86. The maximum absolute atomic E-state index is 3.98. The second kappa shape index (κ2) is 2.78. The number of nitrogens with zero attached hydrogens (tertiary/aromatic N) is 2. The number of H-pyrrole nitrogens is 1. The average Bonchev–Trinajstić information content (AvgIpc) is 2.57. The molecule has 0 aliphatic heterocycles. The predicted molar refractivity (Wildman–Crippen MR) is 59.1 cm³/mol. The van der Waals surface area contributed by atoms with E-state index in [1.807, 2.05) is 18.2 Å². The summed E-state index contributed by atoms with van der Waals surface area (Å²) in [5.74, 6) is 0. The van der Waals surface area contributed by atoms with Crippen LogP contribution in [0.4, 0.5) is 0 Å². The standard InChI is InChI=1S/C10H6BrN3/c11-10-9-6-3-1-2-4-7(6)13-8(9)5-12-14-10/h1-5,13H. The van der Waals surface area contributed by atoms with Crippen molar-refractivity contribution in [1.82, 2.24) is 15.2 Å². The molecule has 0 saturated carbocycles. The lowest BCUT2D eigenvalue weighted by atomic mass is 10.2. The van der Waals surface area contributed by atoms with Crippen molar-refractivity contribution in [3.63, 3.8) is 0 Å². The number of hydrogen-bond donors (Lipinski definition) is 1. The summed E-state index contributed by atoms with van der Waals surface area (Å²) >= 11 is 3.40. The van der Waals surface area contributed by atoms with Gasteiger partial charge in [0.2, 0.25) is 0 Å². The topological polar surface area (TPSA) is 41.6 Å². The highest BCUT2D eigenvalue weighted by Crippen LogP contribution is 2.28. The van der Waals surface area contributed by atoms with Crippen LogP contribution in [0.3, 0.4) is 0 Å². The Hall–Kier alpha value is -1.42. The summed E-state index contributed by atoms with van der Waals surface area (Å²) in [6, 6.07) is 8.14. The van der Waals surface area contributed by atoms with Gasteiger partial charge in [-0.25, -0.2) is 0 Å². The molecular formula is C10H6BrN3. The van der Waals surface area contributed by atoms with Crippen molar-refractivity contribution in [2.24, 2.45) is 0 Å². The SMILES string of the molecule is Brc1nncc2[nH]c3ccccc3c12. The minimum absolute atomic E-state index is 0.785. The maximum atomic E-state index is 3.98. The quantitative estimate of drug-likeness (QED) is 0.664. The number of hydrogen-bond acceptors (Lipinski definition) is 2. The predicted octanol–water partition coefficient (Wildman–Crippen LogP) is 2.87. The van der Waals surface area contributed by atoms with Gasteiger partial charge in [-0.1, -0.05) is 18.2 Å². The molecular weight excluding hydrogens is 242 g/mol. The lowest BCUT2D eigenvalue weighted by Crippen LogP contribution is -1.81. The van der Waals surface area contributed by atoms with Crippen LogP contribution in [0.5, 0.6) is 0 Å². The van der Waals surface area contributed by atoms with Crippen molar-refractivity contribution in [2.45, 2.75) is 0 Å². The van der Waals surface area contributed by atoms with Crippen molar-refractivity contribution >= 4 is 37.7 Å². The van der Waals surface area contributed by atoms with Crippen LogP contribution in [0.1, 0.15) is 0 Å². The van der Waals surface area contributed by atoms with E-state index in [-0.39, 0.29) is 0 Å². The van der Waals surface area contributed by atoms with E-state index in [1.54, 1.807) is 6.20 Å². The van der Waals surface area contributed by atoms with Crippen LogP contribution >= 0.6 is 15.9 Å². The van der Waals surface area contributed by atoms with Crippen molar-refractivity contribution < 1.29 is 0 Å². The smallest absolute Gasteiger partial charge is 0.138 e. The number of aromatic nitrogens is 3. The number of benzene rings is 1. The second-order valence-corrected chi connectivity index (χ2v) is 3.85. The molecule has 68 valence electrons. The molecule has 0 fully saturated rings. The maximum Gasteiger partial charge on any atom is 0.138 e. The van der Waals surface area contributed by atoms with E-state index in [0.29, 0.717) is 0 Å². The summed E-state index contributed by atoms with van der Waals surface area (Å²) in [4.78, 5) is 3.29. The molecule has 0 saturated heterocycles. The van der Waals surface area contributed by atoms with Gasteiger partial charge in [0, 0.05) is 16.3 Å². The summed E-state index contributed by atoms with van der Waals surface area (Å²) in [5.41, 5.74) is 2.12. The van der Waals surface area contributed by atoms with E-state index in [1.165, 1.54) is 5.39 Å². The molecule has 14 heavy (non-hydrogen) atoms. The third kappa shape index (κ3) is 0.974. The summed E-state index contributed by atoms with van der Waals surface area (Å²) < 4.78 is 0.785. The Morgan fingerprint density at radius 2 is 2.00 bits per heavy atom. The van der Waals surface area contributed by atoms with Crippen molar-refractivity contribution in [1.29, 1.82) is 0 Å². The van der Waals surface area contributed by atoms with Gasteiger partial charge in [0.25, 0.3) is 0 Å². The van der Waals surface area contributed by atoms with Gasteiger partial charge >= 0.3 is 0 Å². The van der Waals surface area contributed by atoms with Gasteiger partial charge in [0.15, 0.2) is 0 Å². The van der Waals surface area contributed by atoms with Crippen molar-refractivity contribution in [2.75, 3.05) is 0 Å². The molecule has 0 atom stereocenters. The molecule has 3 nitrogen and oxygen atoms in total. The first-order valence-electron chi connectivity index (χ1n) is 4.24. The van der Waals surface area contributed by atoms with E-state index in [2.05, 4.69) is 37.2 Å². The molecule has 0 spiro atoms. The number of nitrogens with one attached hydrogen (secondary N) is 1. The zero-order chi connectivity index (χ0) is 9.54. The van der Waals surface area contributed by atoms with Gasteiger partial charge in [-0.15, -0.1) is 5.10 Å². The van der Waals surface area contributed by atoms with Gasteiger partial charge in [0.1, 0.15) is 4.60 Å². The molecule has 4 heteroatoms. The average molecular weight is 248 g/mol. The zero-order valence-corrected chi connectivity index (χ0v) is 8.75. The Bertz CT molecular complexity index is 615. The minimum Gasteiger partial charge on any atom is -0.353 e. The summed E-state index contributed by atoms with van der Waals surface area (Å²) in [6.07, 6.45) is 1.74. The molecule has 2 heterocycles. The number of rotatable bonds is 0. The summed E-state index contributed by atoms with van der Waals surface area (Å²) in [5, 5.41) is 10.1. The number of halogens is 1. The highest BCUT2D eigenvalue weighted by atomic mass is 79.9. The Morgan fingerprint density at radius 1 is 1.14 bits per heavy atom. The van der Waals surface area contributed by atoms with Crippen LogP contribution in [-0.4, -0.2) is 15.2 Å². The van der Waals surface area contributed by atoms with E-state index in [4.69, 9.17) is 0 Å². The highest BCUT2D eigenvalue weighted by molar-refractivity contribution is 9.10. The van der Waals surface area contributed by atoms with Gasteiger partial charge in [-0.2, -0.15) is 5.10 Å². The number of fused-ring (bicyclic) bond motifs is 3. The van der Waals surface area contributed by atoms with Crippen LogP contribution in [0.2, 0.25) is 0 Å². The molecule has 0 radical (unpaired) electrons. The third-order valence-corrected chi connectivity index (χ3v) is 2.83. The fourth-order valence-electron chi connectivity index (χ4n) is 1.67. The Balaban J connectivity index is 2.65. The van der Waals surface area contributed by atoms with Gasteiger partial charge in [-0.3, -0.25) is 0 Å². The first kappa shape index (κ1) is 7.94. The van der Waals surface area contributed by atoms with Gasteiger partial charge in [-0.05, 0) is 22.0 Å². The number of para-hydroxylation sites is 1. The van der Waals surface area contributed by atoms with Crippen LogP contribution < -0.4 is 0 Å². The van der Waals surface area contributed by atoms with Crippen LogP contribution in [0.15, 0.2) is 35.1 Å². The summed E-state index contributed by atoms with van der Waals surface area (Å²) in [7, 11) is 0. The largest absolute Gasteiger partial charge is 0.353 e. The molecule has 2 aromatic heterocycles. The van der Waals surface area contributed by atoms with E-state index >= 15 is 0 Å². The first-order valence-corrected chi connectivity index (χ1v) is 5.03. The molecule has 1 N–H and O–H groups in total. The van der Waals surface area contributed by atoms with Gasteiger partial charge in [0.05, 0.1) is 11.7 Å². The molecule has 0 unspecified atom stereocenters. The third-order valence-electron chi connectivity index (χ3n) is 2.27. The lowest BCUT2D eigenvalue weighted by molar-refractivity contribution is 1.02. The second-order valence-electron chi connectivity index (χ2n) is 3.09. The van der Waals surface area contributed by atoms with Crippen molar-refractivity contribution in [3.05, 3.63) is 35.1 Å². The normalized spacial score (nSPS) is 11.2. The lowest BCUT2D eigenvalue weighted by Gasteiger charge is -1.91. The van der Waals surface area contributed by atoms with E-state index < -0.39 is 0 Å². The molecule has 0 aliphatic rings. The molecule has 1 aromatic carbocycles.